The van der Waals surface area contributed by atoms with Crippen molar-refractivity contribution in [3.63, 3.8) is 0 Å². The van der Waals surface area contributed by atoms with Crippen molar-refractivity contribution >= 4 is 40.7 Å². The third-order valence-electron chi connectivity index (χ3n) is 4.66. The number of amides is 1. The van der Waals surface area contributed by atoms with E-state index >= 15 is 0 Å². The molecule has 0 spiro atoms. The summed E-state index contributed by atoms with van der Waals surface area (Å²) in [6.07, 6.45) is -0.0246. The fourth-order valence-electron chi connectivity index (χ4n) is 3.17. The summed E-state index contributed by atoms with van der Waals surface area (Å²) >= 11 is 1.29. The van der Waals surface area contributed by atoms with Gasteiger partial charge in [-0.15, -0.1) is 11.3 Å². The maximum atomic E-state index is 13.1. The molecular formula is C22H26N2O6S. The van der Waals surface area contributed by atoms with Crippen LogP contribution in [0.15, 0.2) is 35.7 Å². The number of esters is 1. The van der Waals surface area contributed by atoms with Gasteiger partial charge in [0.15, 0.2) is 5.78 Å². The average molecular weight is 447 g/mol. The van der Waals surface area contributed by atoms with Crippen molar-refractivity contribution in [3.05, 3.63) is 51.7 Å². The van der Waals surface area contributed by atoms with Gasteiger partial charge in [-0.1, -0.05) is 26.0 Å². The van der Waals surface area contributed by atoms with Crippen LogP contribution in [0.25, 0.3) is 0 Å². The molecule has 0 saturated heterocycles. The van der Waals surface area contributed by atoms with Crippen molar-refractivity contribution in [1.29, 1.82) is 0 Å². The van der Waals surface area contributed by atoms with E-state index in [9.17, 15) is 24.3 Å². The van der Waals surface area contributed by atoms with Crippen LogP contribution >= 0.6 is 11.3 Å². The molecule has 0 fully saturated rings. The normalized spacial score (nSPS) is 12.8. The number of anilines is 1. The maximum Gasteiger partial charge on any atom is 0.339 e. The quantitative estimate of drug-likeness (QED) is 0.290. The van der Waals surface area contributed by atoms with Gasteiger partial charge in [0, 0.05) is 16.1 Å². The van der Waals surface area contributed by atoms with Gasteiger partial charge in [0.25, 0.3) is 0 Å². The van der Waals surface area contributed by atoms with E-state index in [0.29, 0.717) is 11.3 Å². The third kappa shape index (κ3) is 6.39. The van der Waals surface area contributed by atoms with Crippen LogP contribution in [0.3, 0.4) is 0 Å². The minimum atomic E-state index is -1.11. The number of Topliss-reactive ketones (excluding diaryl/α,β-unsaturated/α-hetero) is 1. The molecule has 1 aromatic heterocycles. The first kappa shape index (κ1) is 24.1. The smallest absolute Gasteiger partial charge is 0.339 e. The summed E-state index contributed by atoms with van der Waals surface area (Å²) in [5.41, 5.74) is 6.37. The van der Waals surface area contributed by atoms with Crippen LogP contribution in [0, 0.1) is 5.92 Å². The Bertz CT molecular complexity index is 955. The highest BCUT2D eigenvalue weighted by molar-refractivity contribution is 7.10. The number of hydrogen-bond donors (Lipinski definition) is 3. The maximum absolute atomic E-state index is 13.1. The molecule has 1 amide bonds. The number of carboxylic acids is 1. The molecule has 0 radical (unpaired) electrons. The van der Waals surface area contributed by atoms with Gasteiger partial charge in [0.1, 0.15) is 0 Å². The van der Waals surface area contributed by atoms with Crippen LogP contribution in [0.2, 0.25) is 0 Å². The zero-order valence-electron chi connectivity index (χ0n) is 17.6. The van der Waals surface area contributed by atoms with Crippen molar-refractivity contribution in [1.82, 2.24) is 5.32 Å². The Morgan fingerprint density at radius 1 is 1.19 bits per heavy atom. The van der Waals surface area contributed by atoms with Crippen molar-refractivity contribution in [2.75, 3.05) is 12.8 Å². The minimum absolute atomic E-state index is 0.0839. The number of rotatable bonds is 10. The summed E-state index contributed by atoms with van der Waals surface area (Å²) < 4.78 is 4.66. The van der Waals surface area contributed by atoms with E-state index in [0.717, 1.165) is 0 Å². The molecule has 2 aromatic rings. The Labute approximate surface area is 184 Å². The molecule has 2 atom stereocenters. The van der Waals surface area contributed by atoms with E-state index in [1.807, 2.05) is 13.8 Å². The molecule has 4 N–H and O–H groups in total. The average Bonchev–Trinajstić information content (AvgIpc) is 3.24. The third-order valence-corrected chi connectivity index (χ3v) is 5.65. The number of hydrogen-bond acceptors (Lipinski definition) is 7. The highest BCUT2D eigenvalue weighted by Gasteiger charge is 2.30. The number of nitrogens with two attached hydrogens (primary N) is 1. The Balaban J connectivity index is 2.29. The second kappa shape index (κ2) is 10.7. The molecule has 31 heavy (non-hydrogen) atoms. The highest BCUT2D eigenvalue weighted by atomic mass is 32.1. The second-order valence-corrected chi connectivity index (χ2v) is 8.49. The van der Waals surface area contributed by atoms with Crippen LogP contribution in [-0.4, -0.2) is 41.9 Å². The van der Waals surface area contributed by atoms with E-state index < -0.39 is 29.8 Å². The predicted molar refractivity (Wildman–Crippen MR) is 117 cm³/mol. The number of carboxylic acid groups (broad SMARTS) is 1. The first-order valence-electron chi connectivity index (χ1n) is 9.71. The number of aliphatic carboxylic acids is 1. The molecule has 8 nitrogen and oxygen atoms in total. The lowest BCUT2D eigenvalue weighted by Crippen LogP contribution is -2.44. The van der Waals surface area contributed by atoms with Gasteiger partial charge >= 0.3 is 11.9 Å². The van der Waals surface area contributed by atoms with Gasteiger partial charge < -0.3 is 20.9 Å². The van der Waals surface area contributed by atoms with Crippen molar-refractivity contribution < 1.29 is 29.0 Å². The number of carbonyl (C=O) groups excluding carboxylic acids is 3. The monoisotopic (exact) mass is 446 g/mol. The van der Waals surface area contributed by atoms with E-state index in [1.165, 1.54) is 36.6 Å². The summed E-state index contributed by atoms with van der Waals surface area (Å²) in [6, 6.07) is 6.81. The standard InChI is InChI=1S/C22H26N2O6S/c1-12(2)9-17(20(27)13-6-7-14(16(23)10-13)22(29)30-3)24-21(28)15(11-19(25)26)18-5-4-8-31-18/h4-8,10,12,15,17H,9,11,23H2,1-3H3,(H,24,28)(H,25,26)/t15-,17-/m0/s1. The zero-order valence-corrected chi connectivity index (χ0v) is 18.4. The molecule has 1 heterocycles. The number of nitrogens with one attached hydrogen (secondary N) is 1. The van der Waals surface area contributed by atoms with Crippen molar-refractivity contribution in [2.24, 2.45) is 5.92 Å². The molecule has 0 unspecified atom stereocenters. The lowest BCUT2D eigenvalue weighted by molar-refractivity contribution is -0.139. The number of methoxy groups -OCH3 is 1. The van der Waals surface area contributed by atoms with Crippen LogP contribution in [0.1, 0.15) is 58.2 Å². The summed E-state index contributed by atoms with van der Waals surface area (Å²) in [5.74, 6) is -3.43. The van der Waals surface area contributed by atoms with E-state index in [1.54, 1.807) is 17.5 Å². The summed E-state index contributed by atoms with van der Waals surface area (Å²) in [6.45, 7) is 3.82. The number of ketones is 1. The SMILES string of the molecule is COC(=O)c1ccc(C(=O)[C@H](CC(C)C)NC(=O)[C@@H](CC(=O)O)c2cccs2)cc1N. The van der Waals surface area contributed by atoms with Crippen LogP contribution in [-0.2, 0) is 14.3 Å². The molecule has 0 aliphatic heterocycles. The second-order valence-electron chi connectivity index (χ2n) is 7.51. The molecule has 0 aliphatic rings. The van der Waals surface area contributed by atoms with Crippen molar-refractivity contribution in [2.45, 2.75) is 38.6 Å². The number of ether oxygens (including phenoxy) is 1. The molecule has 9 heteroatoms. The van der Waals surface area contributed by atoms with E-state index in [-0.39, 0.29) is 34.9 Å². The lowest BCUT2D eigenvalue weighted by Gasteiger charge is -2.22. The molecule has 1 aromatic carbocycles. The predicted octanol–water partition coefficient (Wildman–Crippen LogP) is 3.09. The van der Waals surface area contributed by atoms with Crippen LogP contribution in [0.5, 0.6) is 0 Å². The molecule has 0 saturated carbocycles. The van der Waals surface area contributed by atoms with Gasteiger partial charge in [-0.2, -0.15) is 0 Å². The van der Waals surface area contributed by atoms with Gasteiger partial charge in [0.05, 0.1) is 31.1 Å². The zero-order chi connectivity index (χ0) is 23.1. The van der Waals surface area contributed by atoms with Crippen LogP contribution in [0.4, 0.5) is 5.69 Å². The summed E-state index contributed by atoms with van der Waals surface area (Å²) in [5, 5.41) is 13.7. The Kier molecular flexibility index (Phi) is 8.32. The van der Waals surface area contributed by atoms with Crippen molar-refractivity contribution in [3.8, 4) is 0 Å². The fourth-order valence-corrected chi connectivity index (χ4v) is 4.00. The first-order chi connectivity index (χ1) is 14.6. The minimum Gasteiger partial charge on any atom is -0.481 e. The number of carbonyl (C=O) groups is 4. The Hall–Kier alpha value is -3.20. The largest absolute Gasteiger partial charge is 0.481 e. The van der Waals surface area contributed by atoms with Gasteiger partial charge in [-0.3, -0.25) is 14.4 Å². The molecule has 2 rings (SSSR count). The molecule has 0 bridgehead atoms. The molecular weight excluding hydrogens is 420 g/mol. The van der Waals surface area contributed by atoms with E-state index in [4.69, 9.17) is 5.73 Å². The molecule has 0 aliphatic carbocycles. The van der Waals surface area contributed by atoms with Gasteiger partial charge in [-0.05, 0) is 35.9 Å². The summed E-state index contributed by atoms with van der Waals surface area (Å²) in [7, 11) is 1.23. The van der Waals surface area contributed by atoms with Gasteiger partial charge in [-0.25, -0.2) is 4.79 Å². The number of nitrogen functional groups attached to an aromatic ring is 1. The van der Waals surface area contributed by atoms with Crippen LogP contribution < -0.4 is 11.1 Å². The molecule has 166 valence electrons. The van der Waals surface area contributed by atoms with Gasteiger partial charge in [0.2, 0.25) is 5.91 Å². The summed E-state index contributed by atoms with van der Waals surface area (Å²) in [4.78, 5) is 49.7. The topological polar surface area (TPSA) is 136 Å². The fraction of sp³-hybridized carbons (Fsp3) is 0.364. The van der Waals surface area contributed by atoms with E-state index in [2.05, 4.69) is 10.1 Å². The lowest BCUT2D eigenvalue weighted by atomic mass is 9.93. The highest BCUT2D eigenvalue weighted by Crippen LogP contribution is 2.26. The Morgan fingerprint density at radius 3 is 2.42 bits per heavy atom. The number of benzene rings is 1. The Morgan fingerprint density at radius 2 is 1.90 bits per heavy atom. The number of thiophene rings is 1. The first-order valence-corrected chi connectivity index (χ1v) is 10.6.